The van der Waals surface area contributed by atoms with Gasteiger partial charge in [0.25, 0.3) is 0 Å². The van der Waals surface area contributed by atoms with Gasteiger partial charge in [-0.25, -0.2) is 4.68 Å². The van der Waals surface area contributed by atoms with Crippen LogP contribution in [0.3, 0.4) is 0 Å². The SMILES string of the molecule is COc1ccc([C@H](c2nnnn2Cc2cccs2)N2CCN(c3ccccc3)CC2)cc1OC. The van der Waals surface area contributed by atoms with Crippen LogP contribution in [0.15, 0.2) is 66.0 Å². The Morgan fingerprint density at radius 2 is 1.71 bits per heavy atom. The molecule has 0 radical (unpaired) electrons. The van der Waals surface area contributed by atoms with E-state index in [4.69, 9.17) is 9.47 Å². The number of methoxy groups -OCH3 is 2. The minimum absolute atomic E-state index is 0.104. The third-order valence-electron chi connectivity index (χ3n) is 6.21. The van der Waals surface area contributed by atoms with Crippen molar-refractivity contribution in [1.29, 1.82) is 0 Å². The fourth-order valence-corrected chi connectivity index (χ4v) is 5.18. The van der Waals surface area contributed by atoms with E-state index in [0.717, 1.165) is 37.6 Å². The summed E-state index contributed by atoms with van der Waals surface area (Å²) >= 11 is 1.71. The Kier molecular flexibility index (Phi) is 6.73. The molecule has 1 atom stereocenters. The van der Waals surface area contributed by atoms with Crippen LogP contribution in [0.1, 0.15) is 22.3 Å². The molecule has 0 amide bonds. The fraction of sp³-hybridized carbons (Fsp3) is 0.320. The molecule has 5 rings (SSSR count). The van der Waals surface area contributed by atoms with Gasteiger partial charge in [0.2, 0.25) is 0 Å². The number of thiophene rings is 1. The van der Waals surface area contributed by atoms with Crippen molar-refractivity contribution in [2.24, 2.45) is 0 Å². The van der Waals surface area contributed by atoms with E-state index >= 15 is 0 Å². The average molecular weight is 477 g/mol. The number of ether oxygens (including phenoxy) is 2. The van der Waals surface area contributed by atoms with Crippen LogP contribution in [-0.4, -0.2) is 65.5 Å². The first-order valence-corrected chi connectivity index (χ1v) is 12.2. The summed E-state index contributed by atoms with van der Waals surface area (Å²) in [5.41, 5.74) is 2.33. The fourth-order valence-electron chi connectivity index (χ4n) is 4.49. The van der Waals surface area contributed by atoms with Gasteiger partial charge in [0.1, 0.15) is 0 Å². The van der Waals surface area contributed by atoms with E-state index in [1.807, 2.05) is 16.8 Å². The number of anilines is 1. The number of piperazine rings is 1. The summed E-state index contributed by atoms with van der Waals surface area (Å²) in [5, 5.41) is 15.0. The highest BCUT2D eigenvalue weighted by Crippen LogP contribution is 2.35. The highest BCUT2D eigenvalue weighted by atomic mass is 32.1. The van der Waals surface area contributed by atoms with E-state index in [9.17, 15) is 0 Å². The zero-order valence-corrected chi connectivity index (χ0v) is 20.2. The van der Waals surface area contributed by atoms with Crippen molar-refractivity contribution >= 4 is 17.0 Å². The van der Waals surface area contributed by atoms with Gasteiger partial charge in [-0.05, 0) is 51.7 Å². The Hall–Kier alpha value is -3.43. The van der Waals surface area contributed by atoms with E-state index in [1.54, 1.807) is 25.6 Å². The summed E-state index contributed by atoms with van der Waals surface area (Å²) < 4.78 is 13.0. The molecule has 0 N–H and O–H groups in total. The molecule has 8 nitrogen and oxygen atoms in total. The van der Waals surface area contributed by atoms with E-state index in [0.29, 0.717) is 18.0 Å². The predicted octanol–water partition coefficient (Wildman–Crippen LogP) is 3.71. The first-order valence-electron chi connectivity index (χ1n) is 11.3. The minimum atomic E-state index is -0.104. The normalized spacial score (nSPS) is 15.3. The number of tetrazole rings is 1. The highest BCUT2D eigenvalue weighted by Gasteiger charge is 2.31. The molecule has 2 aromatic carbocycles. The Morgan fingerprint density at radius 3 is 2.41 bits per heavy atom. The zero-order chi connectivity index (χ0) is 23.3. The van der Waals surface area contributed by atoms with Crippen molar-refractivity contribution in [3.8, 4) is 11.5 Å². The number of nitrogens with zero attached hydrogens (tertiary/aromatic N) is 6. The van der Waals surface area contributed by atoms with Gasteiger partial charge in [0.15, 0.2) is 17.3 Å². The second-order valence-electron chi connectivity index (χ2n) is 8.15. The van der Waals surface area contributed by atoms with Crippen molar-refractivity contribution < 1.29 is 9.47 Å². The first kappa shape index (κ1) is 22.4. The number of hydrogen-bond donors (Lipinski definition) is 0. The molecule has 4 aromatic rings. The lowest BCUT2D eigenvalue weighted by Gasteiger charge is -2.40. The third kappa shape index (κ3) is 4.62. The lowest BCUT2D eigenvalue weighted by molar-refractivity contribution is 0.201. The maximum Gasteiger partial charge on any atom is 0.173 e. The average Bonchev–Trinajstić information content (AvgIpc) is 3.58. The lowest BCUT2D eigenvalue weighted by atomic mass is 10.0. The third-order valence-corrected chi connectivity index (χ3v) is 7.08. The number of benzene rings is 2. The second kappa shape index (κ2) is 10.2. The molecule has 3 heterocycles. The Morgan fingerprint density at radius 1 is 0.912 bits per heavy atom. The van der Waals surface area contributed by atoms with Crippen LogP contribution in [0.5, 0.6) is 11.5 Å². The molecule has 0 spiro atoms. The summed E-state index contributed by atoms with van der Waals surface area (Å²) in [6.45, 7) is 4.29. The first-order chi connectivity index (χ1) is 16.8. The molecule has 0 aliphatic carbocycles. The van der Waals surface area contributed by atoms with E-state index < -0.39 is 0 Å². The van der Waals surface area contributed by atoms with Crippen LogP contribution in [0.2, 0.25) is 0 Å². The summed E-state index contributed by atoms with van der Waals surface area (Å²) in [5.74, 6) is 2.23. The van der Waals surface area contributed by atoms with Gasteiger partial charge >= 0.3 is 0 Å². The molecule has 0 unspecified atom stereocenters. The van der Waals surface area contributed by atoms with Gasteiger partial charge in [-0.15, -0.1) is 16.4 Å². The van der Waals surface area contributed by atoms with Gasteiger partial charge in [-0.2, -0.15) is 0 Å². The standard InChI is InChI=1S/C25H28N6O2S/c1-32-22-11-10-19(17-23(22)33-2)24(25-26-27-28-31(25)18-21-9-6-16-34-21)30-14-12-29(13-15-30)20-7-4-3-5-8-20/h3-11,16-17,24H,12-15,18H2,1-2H3/t24-/m1/s1. The smallest absolute Gasteiger partial charge is 0.173 e. The van der Waals surface area contributed by atoms with Crippen molar-refractivity contribution in [3.63, 3.8) is 0 Å². The molecule has 9 heteroatoms. The molecule has 1 aliphatic heterocycles. The van der Waals surface area contributed by atoms with Crippen LogP contribution >= 0.6 is 11.3 Å². The number of para-hydroxylation sites is 1. The minimum Gasteiger partial charge on any atom is -0.493 e. The quantitative estimate of drug-likeness (QED) is 0.384. The molecule has 176 valence electrons. The van der Waals surface area contributed by atoms with Crippen LogP contribution < -0.4 is 14.4 Å². The highest BCUT2D eigenvalue weighted by molar-refractivity contribution is 7.09. The summed E-state index contributed by atoms with van der Waals surface area (Å²) in [6.07, 6.45) is 0. The van der Waals surface area contributed by atoms with Gasteiger partial charge in [-0.3, -0.25) is 4.90 Å². The van der Waals surface area contributed by atoms with Gasteiger partial charge in [-0.1, -0.05) is 30.3 Å². The molecular weight excluding hydrogens is 448 g/mol. The summed E-state index contributed by atoms with van der Waals surface area (Å²) in [4.78, 5) is 6.10. The van der Waals surface area contributed by atoms with Crippen LogP contribution in [0.4, 0.5) is 5.69 Å². The van der Waals surface area contributed by atoms with E-state index in [1.165, 1.54) is 10.6 Å². The Bertz CT molecular complexity index is 1190. The molecule has 1 aliphatic rings. The molecule has 0 bridgehead atoms. The largest absolute Gasteiger partial charge is 0.493 e. The molecule has 1 fully saturated rings. The van der Waals surface area contributed by atoms with Gasteiger partial charge in [0, 0.05) is 36.7 Å². The lowest BCUT2D eigenvalue weighted by Crippen LogP contribution is -2.48. The van der Waals surface area contributed by atoms with Crippen LogP contribution in [-0.2, 0) is 6.54 Å². The summed E-state index contributed by atoms with van der Waals surface area (Å²) in [6, 6.07) is 20.7. The number of rotatable bonds is 8. The molecule has 2 aromatic heterocycles. The topological polar surface area (TPSA) is 68.5 Å². The Balaban J connectivity index is 1.47. The van der Waals surface area contributed by atoms with Crippen LogP contribution in [0.25, 0.3) is 0 Å². The van der Waals surface area contributed by atoms with Crippen molar-refractivity contribution in [2.45, 2.75) is 12.6 Å². The monoisotopic (exact) mass is 476 g/mol. The van der Waals surface area contributed by atoms with E-state index in [2.05, 4.69) is 79.2 Å². The second-order valence-corrected chi connectivity index (χ2v) is 9.18. The molecule has 0 saturated carbocycles. The number of hydrogen-bond acceptors (Lipinski definition) is 8. The van der Waals surface area contributed by atoms with Gasteiger partial charge < -0.3 is 14.4 Å². The van der Waals surface area contributed by atoms with Gasteiger partial charge in [0.05, 0.1) is 26.8 Å². The summed E-state index contributed by atoms with van der Waals surface area (Å²) in [7, 11) is 3.31. The van der Waals surface area contributed by atoms with Crippen LogP contribution in [0, 0.1) is 0 Å². The predicted molar refractivity (Wildman–Crippen MR) is 133 cm³/mol. The maximum atomic E-state index is 5.61. The molecular formula is C25H28N6O2S. The van der Waals surface area contributed by atoms with Crippen molar-refractivity contribution in [2.75, 3.05) is 45.3 Å². The maximum absolute atomic E-state index is 5.61. The molecule has 1 saturated heterocycles. The number of aromatic nitrogens is 4. The molecule has 34 heavy (non-hydrogen) atoms. The van der Waals surface area contributed by atoms with E-state index in [-0.39, 0.29) is 6.04 Å². The van der Waals surface area contributed by atoms with Crippen molar-refractivity contribution in [1.82, 2.24) is 25.1 Å². The van der Waals surface area contributed by atoms with Crippen molar-refractivity contribution in [3.05, 3.63) is 82.3 Å². The Labute approximate surface area is 203 Å². The zero-order valence-electron chi connectivity index (χ0n) is 19.4.